The summed E-state index contributed by atoms with van der Waals surface area (Å²) in [5.41, 5.74) is 2.80. The zero-order valence-corrected chi connectivity index (χ0v) is 14.7. The Morgan fingerprint density at radius 2 is 1.87 bits per heavy atom. The van der Waals surface area contributed by atoms with Gasteiger partial charge in [0.25, 0.3) is 0 Å². The minimum absolute atomic E-state index is 0.00504. The lowest BCUT2D eigenvalue weighted by atomic mass is 10.0. The van der Waals surface area contributed by atoms with Crippen LogP contribution in [0.5, 0.6) is 5.75 Å². The van der Waals surface area contributed by atoms with E-state index in [1.807, 2.05) is 6.92 Å². The van der Waals surface area contributed by atoms with Crippen molar-refractivity contribution in [1.29, 1.82) is 0 Å². The number of nitrogens with one attached hydrogen (secondary N) is 1. The highest BCUT2D eigenvalue weighted by atomic mass is 35.5. The summed E-state index contributed by atoms with van der Waals surface area (Å²) in [6.07, 6.45) is 0.701. The van der Waals surface area contributed by atoms with Crippen LogP contribution >= 0.6 is 23.2 Å². The fourth-order valence-corrected chi connectivity index (χ4v) is 4.21. The van der Waals surface area contributed by atoms with Gasteiger partial charge in [-0.3, -0.25) is 0 Å². The van der Waals surface area contributed by atoms with Gasteiger partial charge < -0.3 is 9.50 Å². The van der Waals surface area contributed by atoms with Crippen molar-refractivity contribution in [3.63, 3.8) is 0 Å². The summed E-state index contributed by atoms with van der Waals surface area (Å²) in [4.78, 5) is 0.0645. The molecule has 0 unspecified atom stereocenters. The molecule has 0 radical (unpaired) electrons. The second-order valence-electron chi connectivity index (χ2n) is 5.42. The Hall–Kier alpha value is -1.27. The minimum Gasteiger partial charge on any atom is -0.376 e. The molecular weight excluding hydrogens is 357 g/mol. The van der Waals surface area contributed by atoms with Crippen LogP contribution in [0, 0.1) is 6.92 Å². The molecule has 1 N–H and O–H groups in total. The summed E-state index contributed by atoms with van der Waals surface area (Å²) >= 11 is 12.5. The van der Waals surface area contributed by atoms with Gasteiger partial charge >= 0.3 is 10.1 Å². The lowest BCUT2D eigenvalue weighted by Gasteiger charge is -2.21. The van der Waals surface area contributed by atoms with Gasteiger partial charge in [0.1, 0.15) is 4.90 Å². The van der Waals surface area contributed by atoms with Crippen molar-refractivity contribution in [3.05, 3.63) is 57.1 Å². The quantitative estimate of drug-likeness (QED) is 0.835. The van der Waals surface area contributed by atoms with Crippen molar-refractivity contribution < 1.29 is 12.6 Å². The number of rotatable bonds is 3. The fourth-order valence-electron chi connectivity index (χ4n) is 2.49. The first-order valence-corrected chi connectivity index (χ1v) is 9.26. The van der Waals surface area contributed by atoms with Crippen molar-refractivity contribution in [2.24, 2.45) is 0 Å². The highest BCUT2D eigenvalue weighted by Crippen LogP contribution is 2.40. The molecular formula is C16H15Cl2NO3S. The molecule has 0 bridgehead atoms. The van der Waals surface area contributed by atoms with E-state index in [0.717, 1.165) is 23.2 Å². The number of fused-ring (bicyclic) bond motifs is 1. The Labute approximate surface area is 145 Å². The van der Waals surface area contributed by atoms with Crippen LogP contribution < -0.4 is 9.50 Å². The molecule has 1 aliphatic heterocycles. The Kier molecular flexibility index (Phi) is 4.56. The van der Waals surface area contributed by atoms with E-state index in [1.54, 1.807) is 18.2 Å². The molecule has 23 heavy (non-hydrogen) atoms. The third-order valence-electron chi connectivity index (χ3n) is 3.74. The molecule has 2 aromatic rings. The molecule has 0 saturated heterocycles. The van der Waals surface area contributed by atoms with Gasteiger partial charge in [-0.2, -0.15) is 8.42 Å². The van der Waals surface area contributed by atoms with Crippen molar-refractivity contribution in [3.8, 4) is 5.75 Å². The largest absolute Gasteiger partial charge is 0.376 e. The van der Waals surface area contributed by atoms with E-state index in [0.29, 0.717) is 13.0 Å². The van der Waals surface area contributed by atoms with Gasteiger partial charge in [0.15, 0.2) is 5.75 Å². The summed E-state index contributed by atoms with van der Waals surface area (Å²) < 4.78 is 30.1. The van der Waals surface area contributed by atoms with Crippen LogP contribution in [0.15, 0.2) is 35.2 Å². The first kappa shape index (κ1) is 16.6. The van der Waals surface area contributed by atoms with Crippen molar-refractivity contribution >= 4 is 33.3 Å². The third-order valence-corrected chi connectivity index (χ3v) is 5.66. The number of aryl methyl sites for hydroxylation is 1. The summed E-state index contributed by atoms with van der Waals surface area (Å²) in [5.74, 6) is -0.00504. The van der Waals surface area contributed by atoms with E-state index in [1.165, 1.54) is 12.1 Å². The minimum atomic E-state index is -3.99. The maximum atomic E-state index is 12.4. The number of benzene rings is 2. The highest BCUT2D eigenvalue weighted by molar-refractivity contribution is 7.87. The lowest BCUT2D eigenvalue weighted by Crippen LogP contribution is -2.24. The molecule has 0 amide bonds. The average molecular weight is 372 g/mol. The molecule has 0 atom stereocenters. The van der Waals surface area contributed by atoms with Crippen molar-refractivity contribution in [2.45, 2.75) is 24.8 Å². The van der Waals surface area contributed by atoms with Crippen LogP contribution in [0.3, 0.4) is 0 Å². The number of hydrogen-bond donors (Lipinski definition) is 1. The molecule has 0 fully saturated rings. The first-order chi connectivity index (χ1) is 10.9. The Balaban J connectivity index is 2.01. The Morgan fingerprint density at radius 1 is 1.17 bits per heavy atom. The first-order valence-electron chi connectivity index (χ1n) is 7.10. The van der Waals surface area contributed by atoms with Gasteiger partial charge in [0.2, 0.25) is 0 Å². The summed E-state index contributed by atoms with van der Waals surface area (Å²) in [7, 11) is -3.99. The van der Waals surface area contributed by atoms with Gasteiger partial charge in [0.05, 0.1) is 10.0 Å². The third kappa shape index (κ3) is 3.33. The van der Waals surface area contributed by atoms with Crippen LogP contribution in [-0.4, -0.2) is 15.0 Å². The SMILES string of the molecule is Cc1ccc(S(=O)(=O)Oc2c(Cl)cc3c(c2Cl)CCNC3)cc1. The molecule has 4 nitrogen and oxygen atoms in total. The Morgan fingerprint density at radius 3 is 2.57 bits per heavy atom. The molecule has 0 spiro atoms. The molecule has 0 aliphatic carbocycles. The van der Waals surface area contributed by atoms with Crippen LogP contribution in [0.2, 0.25) is 10.0 Å². The molecule has 2 aromatic carbocycles. The van der Waals surface area contributed by atoms with Crippen LogP contribution in [0.4, 0.5) is 0 Å². The molecule has 122 valence electrons. The van der Waals surface area contributed by atoms with Gasteiger partial charge in [-0.25, -0.2) is 0 Å². The van der Waals surface area contributed by atoms with Crippen LogP contribution in [-0.2, 0) is 23.1 Å². The summed E-state index contributed by atoms with van der Waals surface area (Å²) in [6.45, 7) is 3.31. The van der Waals surface area contributed by atoms with Crippen molar-refractivity contribution in [1.82, 2.24) is 5.32 Å². The van der Waals surface area contributed by atoms with Gasteiger partial charge in [-0.05, 0) is 49.2 Å². The molecule has 3 rings (SSSR count). The predicted molar refractivity (Wildman–Crippen MR) is 90.9 cm³/mol. The smallest absolute Gasteiger partial charge is 0.339 e. The summed E-state index contributed by atoms with van der Waals surface area (Å²) in [6, 6.07) is 8.11. The topological polar surface area (TPSA) is 55.4 Å². The highest BCUT2D eigenvalue weighted by Gasteiger charge is 2.24. The zero-order valence-electron chi connectivity index (χ0n) is 12.4. The van der Waals surface area contributed by atoms with Crippen LogP contribution in [0.1, 0.15) is 16.7 Å². The van der Waals surface area contributed by atoms with E-state index < -0.39 is 10.1 Å². The molecule has 1 aliphatic rings. The number of hydrogen-bond acceptors (Lipinski definition) is 4. The van der Waals surface area contributed by atoms with E-state index >= 15 is 0 Å². The molecule has 0 aromatic heterocycles. The van der Waals surface area contributed by atoms with Gasteiger partial charge in [0, 0.05) is 6.54 Å². The van der Waals surface area contributed by atoms with Crippen LogP contribution in [0.25, 0.3) is 0 Å². The number of halogens is 2. The standard InChI is InChI=1S/C16H15Cl2NO3S/c1-10-2-4-12(5-3-10)23(20,21)22-16-14(17)8-11-9-19-7-6-13(11)15(16)18/h2-5,8,19H,6-7,9H2,1H3. The van der Waals surface area contributed by atoms with Crippen molar-refractivity contribution in [2.75, 3.05) is 6.54 Å². The second kappa shape index (κ2) is 6.32. The predicted octanol–water partition coefficient (Wildman–Crippen LogP) is 3.72. The van der Waals surface area contributed by atoms with Gasteiger partial charge in [-0.1, -0.05) is 40.9 Å². The fraction of sp³-hybridized carbons (Fsp3) is 0.250. The molecule has 7 heteroatoms. The van der Waals surface area contributed by atoms with E-state index in [9.17, 15) is 8.42 Å². The van der Waals surface area contributed by atoms with E-state index in [2.05, 4.69) is 5.32 Å². The molecule has 0 saturated carbocycles. The lowest BCUT2D eigenvalue weighted by molar-refractivity contribution is 0.485. The van der Waals surface area contributed by atoms with E-state index in [4.69, 9.17) is 27.4 Å². The average Bonchev–Trinajstić information content (AvgIpc) is 2.52. The monoisotopic (exact) mass is 371 g/mol. The second-order valence-corrected chi connectivity index (χ2v) is 7.75. The Bertz CT molecular complexity index is 849. The maximum Gasteiger partial charge on any atom is 0.339 e. The normalized spacial score (nSPS) is 14.4. The van der Waals surface area contributed by atoms with Gasteiger partial charge in [-0.15, -0.1) is 0 Å². The summed E-state index contributed by atoms with van der Waals surface area (Å²) in [5, 5.41) is 3.67. The maximum absolute atomic E-state index is 12.4. The van der Waals surface area contributed by atoms with E-state index in [-0.39, 0.29) is 20.7 Å². The molecule has 1 heterocycles. The zero-order chi connectivity index (χ0) is 16.6.